The predicted molar refractivity (Wildman–Crippen MR) is 93.9 cm³/mol. The summed E-state index contributed by atoms with van der Waals surface area (Å²) >= 11 is 6.18. The summed E-state index contributed by atoms with van der Waals surface area (Å²) in [6.07, 6.45) is 7.29. The molecule has 0 unspecified atom stereocenters. The molecule has 1 aliphatic carbocycles. The molecule has 1 heterocycles. The second-order valence-corrected chi connectivity index (χ2v) is 7.28. The highest BCUT2D eigenvalue weighted by Gasteiger charge is 2.41. The number of carbonyl (C=O) groups is 1. The maximum atomic E-state index is 12.7. The Morgan fingerprint density at radius 3 is 2.65 bits per heavy atom. The van der Waals surface area contributed by atoms with Crippen LogP contribution in [0.5, 0.6) is 5.75 Å². The van der Waals surface area contributed by atoms with Crippen molar-refractivity contribution in [2.75, 3.05) is 7.11 Å². The van der Waals surface area contributed by atoms with Crippen molar-refractivity contribution in [3.05, 3.63) is 34.4 Å². The minimum absolute atomic E-state index is 0.00914. The van der Waals surface area contributed by atoms with Gasteiger partial charge in [-0.05, 0) is 61.8 Å². The van der Waals surface area contributed by atoms with Crippen molar-refractivity contribution in [1.29, 1.82) is 0 Å². The van der Waals surface area contributed by atoms with Gasteiger partial charge in [-0.15, -0.1) is 0 Å². The Hall–Kier alpha value is -1.48. The third kappa shape index (κ3) is 2.99. The smallest absolute Gasteiger partial charge is 0.252 e. The molecule has 4 heteroatoms. The molecule has 23 heavy (non-hydrogen) atoms. The molecule has 3 nitrogen and oxygen atoms in total. The van der Waals surface area contributed by atoms with Crippen LogP contribution in [0.4, 0.5) is 0 Å². The Morgan fingerprint density at radius 1 is 1.35 bits per heavy atom. The fraction of sp³-hybridized carbons (Fsp3) is 0.526. The number of hydrogen-bond acceptors (Lipinski definition) is 2. The zero-order valence-corrected chi connectivity index (χ0v) is 14.8. The molecule has 1 aromatic rings. The SMILES string of the molecule is CCc1cc(Cl)cc(OC)c1C1=CC2(CCC(C)CC2)NC1=O. The monoisotopic (exact) mass is 333 g/mol. The van der Waals surface area contributed by atoms with Crippen LogP contribution >= 0.6 is 11.6 Å². The molecular formula is C19H24ClNO2. The molecule has 0 saturated heterocycles. The molecule has 1 fully saturated rings. The molecule has 3 rings (SSSR count). The molecule has 1 aromatic carbocycles. The zero-order valence-electron chi connectivity index (χ0n) is 14.0. The molecule has 1 spiro atoms. The number of nitrogens with one attached hydrogen (secondary N) is 1. The Labute approximate surface area is 143 Å². The van der Waals surface area contributed by atoms with Crippen molar-refractivity contribution in [2.24, 2.45) is 5.92 Å². The van der Waals surface area contributed by atoms with Crippen LogP contribution in [0.1, 0.15) is 50.7 Å². The van der Waals surface area contributed by atoms with Gasteiger partial charge >= 0.3 is 0 Å². The van der Waals surface area contributed by atoms with Gasteiger partial charge in [-0.3, -0.25) is 4.79 Å². The highest BCUT2D eigenvalue weighted by molar-refractivity contribution is 6.31. The zero-order chi connectivity index (χ0) is 16.6. The summed E-state index contributed by atoms with van der Waals surface area (Å²) < 4.78 is 5.52. The second kappa shape index (κ2) is 6.20. The van der Waals surface area contributed by atoms with Crippen LogP contribution in [-0.4, -0.2) is 18.6 Å². The summed E-state index contributed by atoms with van der Waals surface area (Å²) in [6.45, 7) is 4.35. The van der Waals surface area contributed by atoms with E-state index < -0.39 is 0 Å². The first-order valence-corrected chi connectivity index (χ1v) is 8.78. The van der Waals surface area contributed by atoms with Crippen LogP contribution in [-0.2, 0) is 11.2 Å². The van der Waals surface area contributed by atoms with E-state index in [1.807, 2.05) is 6.07 Å². The van der Waals surface area contributed by atoms with Gasteiger partial charge in [0, 0.05) is 16.2 Å². The molecular weight excluding hydrogens is 310 g/mol. The first kappa shape index (κ1) is 16.4. The number of rotatable bonds is 3. The molecule has 124 valence electrons. The molecule has 0 atom stereocenters. The van der Waals surface area contributed by atoms with E-state index in [1.165, 1.54) is 0 Å². The number of methoxy groups -OCH3 is 1. The number of ether oxygens (including phenoxy) is 1. The Morgan fingerprint density at radius 2 is 2.04 bits per heavy atom. The average Bonchev–Trinajstić information content (AvgIpc) is 2.85. The Bertz CT molecular complexity index is 632. The van der Waals surface area contributed by atoms with E-state index >= 15 is 0 Å². The number of aryl methyl sites for hydroxylation is 1. The van der Waals surface area contributed by atoms with E-state index in [0.717, 1.165) is 54.7 Å². The van der Waals surface area contributed by atoms with Crippen molar-refractivity contribution >= 4 is 23.1 Å². The van der Waals surface area contributed by atoms with Gasteiger partial charge in [-0.25, -0.2) is 0 Å². The van der Waals surface area contributed by atoms with E-state index in [-0.39, 0.29) is 11.4 Å². The third-order valence-electron chi connectivity index (χ3n) is 5.21. The molecule has 1 amide bonds. The van der Waals surface area contributed by atoms with Gasteiger partial charge in [0.05, 0.1) is 12.6 Å². The highest BCUT2D eigenvalue weighted by atomic mass is 35.5. The average molecular weight is 334 g/mol. The lowest BCUT2D eigenvalue weighted by Crippen LogP contribution is -2.44. The van der Waals surface area contributed by atoms with Gasteiger partial charge in [0.15, 0.2) is 0 Å². The van der Waals surface area contributed by atoms with E-state index in [0.29, 0.717) is 10.8 Å². The van der Waals surface area contributed by atoms with E-state index in [2.05, 4.69) is 25.2 Å². The van der Waals surface area contributed by atoms with Crippen molar-refractivity contribution in [1.82, 2.24) is 5.32 Å². The molecule has 0 aromatic heterocycles. The second-order valence-electron chi connectivity index (χ2n) is 6.85. The van der Waals surface area contributed by atoms with Crippen LogP contribution in [0.2, 0.25) is 5.02 Å². The van der Waals surface area contributed by atoms with Gasteiger partial charge in [-0.1, -0.05) is 25.4 Å². The molecule has 0 bridgehead atoms. The molecule has 1 saturated carbocycles. The predicted octanol–water partition coefficient (Wildman–Crippen LogP) is 4.37. The summed E-state index contributed by atoms with van der Waals surface area (Å²) in [5, 5.41) is 3.88. The first-order valence-electron chi connectivity index (χ1n) is 8.40. The maximum Gasteiger partial charge on any atom is 0.252 e. The Kier molecular flexibility index (Phi) is 4.41. The highest BCUT2D eigenvalue weighted by Crippen LogP contribution is 2.42. The van der Waals surface area contributed by atoms with E-state index in [9.17, 15) is 4.79 Å². The summed E-state index contributed by atoms with van der Waals surface area (Å²) in [4.78, 5) is 12.7. The van der Waals surface area contributed by atoms with Crippen molar-refractivity contribution in [2.45, 2.75) is 51.5 Å². The van der Waals surface area contributed by atoms with Gasteiger partial charge in [0.25, 0.3) is 5.91 Å². The molecule has 2 aliphatic rings. The lowest BCUT2D eigenvalue weighted by molar-refractivity contribution is -0.116. The summed E-state index contributed by atoms with van der Waals surface area (Å²) in [5.74, 6) is 1.43. The molecule has 0 radical (unpaired) electrons. The first-order chi connectivity index (χ1) is 11.0. The topological polar surface area (TPSA) is 38.3 Å². The normalized spacial score (nSPS) is 27.0. The fourth-order valence-corrected chi connectivity index (χ4v) is 4.02. The number of hydrogen-bond donors (Lipinski definition) is 1. The molecule has 1 N–H and O–H groups in total. The Balaban J connectivity index is 2.06. The van der Waals surface area contributed by atoms with Crippen LogP contribution in [0.15, 0.2) is 18.2 Å². The molecule has 1 aliphatic heterocycles. The van der Waals surface area contributed by atoms with Gasteiger partial charge in [0.1, 0.15) is 5.75 Å². The minimum atomic E-state index is -0.172. The van der Waals surface area contributed by atoms with Gasteiger partial charge in [0.2, 0.25) is 0 Å². The van der Waals surface area contributed by atoms with Gasteiger partial charge in [-0.2, -0.15) is 0 Å². The number of benzene rings is 1. The van der Waals surface area contributed by atoms with Crippen LogP contribution in [0.3, 0.4) is 0 Å². The van der Waals surface area contributed by atoms with E-state index in [1.54, 1.807) is 13.2 Å². The fourth-order valence-electron chi connectivity index (χ4n) is 3.79. The minimum Gasteiger partial charge on any atom is -0.496 e. The van der Waals surface area contributed by atoms with Crippen molar-refractivity contribution in [3.63, 3.8) is 0 Å². The standard InChI is InChI=1S/C19H24ClNO2/c1-4-13-9-14(20)10-16(23-3)17(13)15-11-19(21-18(15)22)7-5-12(2)6-8-19/h9-12H,4-8H2,1-3H3,(H,21,22). The van der Waals surface area contributed by atoms with Crippen LogP contribution in [0.25, 0.3) is 5.57 Å². The number of halogens is 1. The summed E-state index contributed by atoms with van der Waals surface area (Å²) in [7, 11) is 1.63. The van der Waals surface area contributed by atoms with Crippen molar-refractivity contribution in [3.8, 4) is 5.75 Å². The summed E-state index contributed by atoms with van der Waals surface area (Å²) in [6, 6.07) is 3.72. The van der Waals surface area contributed by atoms with Crippen LogP contribution in [0, 0.1) is 5.92 Å². The lowest BCUT2D eigenvalue weighted by Gasteiger charge is -2.34. The summed E-state index contributed by atoms with van der Waals surface area (Å²) in [5.41, 5.74) is 2.52. The maximum absolute atomic E-state index is 12.7. The van der Waals surface area contributed by atoms with Crippen LogP contribution < -0.4 is 10.1 Å². The number of amides is 1. The quantitative estimate of drug-likeness (QED) is 0.891. The van der Waals surface area contributed by atoms with E-state index in [4.69, 9.17) is 16.3 Å². The number of carbonyl (C=O) groups excluding carboxylic acids is 1. The third-order valence-corrected chi connectivity index (χ3v) is 5.43. The largest absolute Gasteiger partial charge is 0.496 e. The van der Waals surface area contributed by atoms with Gasteiger partial charge < -0.3 is 10.1 Å². The van der Waals surface area contributed by atoms with Crippen molar-refractivity contribution < 1.29 is 9.53 Å². The lowest BCUT2D eigenvalue weighted by atomic mass is 9.77.